The van der Waals surface area contributed by atoms with E-state index >= 15 is 0 Å². The molecule has 0 aliphatic heterocycles. The summed E-state index contributed by atoms with van der Waals surface area (Å²) in [6.45, 7) is 6.38. The first kappa shape index (κ1) is 16.2. The van der Waals surface area contributed by atoms with Crippen LogP contribution in [0, 0.1) is 11.3 Å². The van der Waals surface area contributed by atoms with Crippen molar-refractivity contribution in [2.75, 3.05) is 14.2 Å². The largest absolute Gasteiger partial charge is 0.496 e. The first-order chi connectivity index (χ1) is 11.1. The lowest BCUT2D eigenvalue weighted by atomic mass is 9.81. The molecular weight excluding hydrogens is 284 g/mol. The van der Waals surface area contributed by atoms with E-state index in [1.54, 1.807) is 14.2 Å². The molecule has 2 aliphatic rings. The summed E-state index contributed by atoms with van der Waals surface area (Å²) in [7, 11) is 3.48. The third-order valence-electron chi connectivity index (χ3n) is 5.65. The van der Waals surface area contributed by atoms with Gasteiger partial charge in [0, 0.05) is 5.57 Å². The molecule has 0 heterocycles. The fraction of sp³-hybridized carbons (Fsp3) is 0.524. The number of rotatable bonds is 5. The van der Waals surface area contributed by atoms with Crippen LogP contribution < -0.4 is 4.74 Å². The fourth-order valence-electron chi connectivity index (χ4n) is 4.41. The Balaban J connectivity index is 2.03. The van der Waals surface area contributed by atoms with E-state index < -0.39 is 0 Å². The monoisotopic (exact) mass is 312 g/mol. The summed E-state index contributed by atoms with van der Waals surface area (Å²) in [6.07, 6.45) is 8.14. The highest BCUT2D eigenvalue weighted by atomic mass is 16.5. The van der Waals surface area contributed by atoms with Gasteiger partial charge in [-0.1, -0.05) is 43.5 Å². The van der Waals surface area contributed by atoms with Crippen molar-refractivity contribution in [3.05, 3.63) is 47.6 Å². The Labute approximate surface area is 140 Å². The molecule has 2 saturated carbocycles. The highest BCUT2D eigenvalue weighted by Crippen LogP contribution is 2.66. The van der Waals surface area contributed by atoms with E-state index in [0.717, 1.165) is 22.6 Å². The molecule has 2 aliphatic carbocycles. The number of hydrogen-bond donors (Lipinski definition) is 0. The summed E-state index contributed by atoms with van der Waals surface area (Å²) in [5, 5.41) is 0. The molecule has 1 spiro atoms. The lowest BCUT2D eigenvalue weighted by molar-refractivity contribution is 0.313. The summed E-state index contributed by atoms with van der Waals surface area (Å²) in [4.78, 5) is 0. The summed E-state index contributed by atoms with van der Waals surface area (Å²) in [6, 6.07) is 8.11. The van der Waals surface area contributed by atoms with Crippen LogP contribution in [0.15, 0.2) is 42.0 Å². The van der Waals surface area contributed by atoms with Crippen molar-refractivity contribution in [3.63, 3.8) is 0 Å². The van der Waals surface area contributed by atoms with Crippen molar-refractivity contribution in [2.24, 2.45) is 11.3 Å². The topological polar surface area (TPSA) is 18.5 Å². The molecule has 3 rings (SSSR count). The van der Waals surface area contributed by atoms with Crippen molar-refractivity contribution in [2.45, 2.75) is 45.4 Å². The van der Waals surface area contributed by atoms with Crippen LogP contribution in [-0.4, -0.2) is 14.2 Å². The molecule has 1 unspecified atom stereocenters. The summed E-state index contributed by atoms with van der Waals surface area (Å²) in [5.41, 5.74) is 3.98. The molecular formula is C21H28O2. The van der Waals surface area contributed by atoms with E-state index in [4.69, 9.17) is 9.47 Å². The second kappa shape index (κ2) is 6.43. The Morgan fingerprint density at radius 3 is 2.43 bits per heavy atom. The van der Waals surface area contributed by atoms with Gasteiger partial charge in [0.15, 0.2) is 0 Å². The quantitative estimate of drug-likeness (QED) is 0.520. The van der Waals surface area contributed by atoms with E-state index in [-0.39, 0.29) is 0 Å². The number of methoxy groups -OCH3 is 2. The Kier molecular flexibility index (Phi) is 4.52. The lowest BCUT2D eigenvalue weighted by Gasteiger charge is -2.25. The predicted molar refractivity (Wildman–Crippen MR) is 95.4 cm³/mol. The zero-order chi connectivity index (χ0) is 16.4. The van der Waals surface area contributed by atoms with Gasteiger partial charge in [0.05, 0.1) is 19.8 Å². The van der Waals surface area contributed by atoms with Gasteiger partial charge in [0.1, 0.15) is 11.5 Å². The van der Waals surface area contributed by atoms with Gasteiger partial charge >= 0.3 is 0 Å². The molecule has 1 aromatic carbocycles. The van der Waals surface area contributed by atoms with Gasteiger partial charge < -0.3 is 9.47 Å². The average Bonchev–Trinajstić information content (AvgIpc) is 3.24. The number of ether oxygens (including phenoxy) is 2. The molecule has 2 nitrogen and oxygen atoms in total. The van der Waals surface area contributed by atoms with Crippen LogP contribution in [0.2, 0.25) is 0 Å². The number of benzene rings is 1. The van der Waals surface area contributed by atoms with Gasteiger partial charge in [-0.2, -0.15) is 0 Å². The number of para-hydroxylation sites is 1. The van der Waals surface area contributed by atoms with Gasteiger partial charge in [0.2, 0.25) is 0 Å². The zero-order valence-corrected chi connectivity index (χ0v) is 14.7. The minimum Gasteiger partial charge on any atom is -0.496 e. The molecule has 1 aromatic rings. The highest BCUT2D eigenvalue weighted by molar-refractivity contribution is 5.72. The molecule has 0 amide bonds. The van der Waals surface area contributed by atoms with Gasteiger partial charge in [-0.25, -0.2) is 0 Å². The normalized spacial score (nSPS) is 23.2. The molecule has 0 radical (unpaired) electrons. The first-order valence-electron chi connectivity index (χ1n) is 8.70. The second-order valence-corrected chi connectivity index (χ2v) is 7.11. The molecule has 0 aromatic heterocycles. The Hall–Kier alpha value is -1.70. The Morgan fingerprint density at radius 1 is 1.13 bits per heavy atom. The van der Waals surface area contributed by atoms with E-state index in [1.807, 2.05) is 18.2 Å². The minimum absolute atomic E-state index is 0.512. The van der Waals surface area contributed by atoms with E-state index in [2.05, 4.69) is 19.6 Å². The van der Waals surface area contributed by atoms with E-state index in [9.17, 15) is 0 Å². The van der Waals surface area contributed by atoms with Crippen molar-refractivity contribution in [3.8, 4) is 5.75 Å². The highest BCUT2D eigenvalue weighted by Gasteiger charge is 2.56. The lowest BCUT2D eigenvalue weighted by Crippen LogP contribution is -2.12. The maximum absolute atomic E-state index is 5.88. The van der Waals surface area contributed by atoms with Crippen LogP contribution in [-0.2, 0) is 4.74 Å². The molecule has 23 heavy (non-hydrogen) atoms. The van der Waals surface area contributed by atoms with Crippen LogP contribution in [0.25, 0.3) is 5.76 Å². The van der Waals surface area contributed by atoms with Crippen molar-refractivity contribution < 1.29 is 9.47 Å². The molecule has 1 atom stereocenters. The van der Waals surface area contributed by atoms with E-state index in [1.165, 1.54) is 44.1 Å². The smallest absolute Gasteiger partial charge is 0.133 e. The van der Waals surface area contributed by atoms with Crippen molar-refractivity contribution in [1.82, 2.24) is 0 Å². The zero-order valence-electron chi connectivity index (χ0n) is 14.7. The molecule has 0 bridgehead atoms. The molecule has 2 fully saturated rings. The van der Waals surface area contributed by atoms with Gasteiger partial charge in [0.25, 0.3) is 0 Å². The van der Waals surface area contributed by atoms with Crippen molar-refractivity contribution in [1.29, 1.82) is 0 Å². The minimum atomic E-state index is 0.512. The van der Waals surface area contributed by atoms with Gasteiger partial charge in [-0.3, -0.25) is 0 Å². The SMILES string of the molecule is C=C(C)/C(=C(\OC)c1ccccc1OC)C1CC12CCCCC2. The predicted octanol–water partition coefficient (Wildman–Crippen LogP) is 5.60. The van der Waals surface area contributed by atoms with Gasteiger partial charge in [-0.05, 0) is 49.7 Å². The van der Waals surface area contributed by atoms with Crippen LogP contribution >= 0.6 is 0 Å². The Bertz CT molecular complexity index is 620. The maximum Gasteiger partial charge on any atom is 0.133 e. The molecule has 124 valence electrons. The number of allylic oxidation sites excluding steroid dienone is 2. The Morgan fingerprint density at radius 2 is 1.83 bits per heavy atom. The summed E-state index contributed by atoms with van der Waals surface area (Å²) >= 11 is 0. The molecule has 0 N–H and O–H groups in total. The third kappa shape index (κ3) is 2.91. The average molecular weight is 312 g/mol. The van der Waals surface area contributed by atoms with Crippen LogP contribution in [0.1, 0.15) is 51.0 Å². The summed E-state index contributed by atoms with van der Waals surface area (Å²) in [5.74, 6) is 2.41. The standard InChI is InChI=1S/C21H28O2/c1-15(2)19(17-14-21(17)12-8-5-9-13-21)20(23-4)16-10-6-7-11-18(16)22-3/h6-7,10-11,17H,1,5,8-9,12-14H2,2-4H3/b20-19+. The maximum atomic E-state index is 5.88. The first-order valence-corrected chi connectivity index (χ1v) is 8.70. The summed E-state index contributed by atoms with van der Waals surface area (Å²) < 4.78 is 11.4. The fourth-order valence-corrected chi connectivity index (χ4v) is 4.41. The van der Waals surface area contributed by atoms with E-state index in [0.29, 0.717) is 11.3 Å². The van der Waals surface area contributed by atoms with Crippen LogP contribution in [0.4, 0.5) is 0 Å². The van der Waals surface area contributed by atoms with Crippen molar-refractivity contribution >= 4 is 5.76 Å². The molecule has 2 heteroatoms. The van der Waals surface area contributed by atoms with Crippen LogP contribution in [0.3, 0.4) is 0 Å². The van der Waals surface area contributed by atoms with Crippen LogP contribution in [0.5, 0.6) is 5.75 Å². The second-order valence-electron chi connectivity index (χ2n) is 7.11. The molecule has 0 saturated heterocycles. The third-order valence-corrected chi connectivity index (χ3v) is 5.65. The number of hydrogen-bond acceptors (Lipinski definition) is 2. The van der Waals surface area contributed by atoms with Gasteiger partial charge in [-0.15, -0.1) is 0 Å².